The first kappa shape index (κ1) is 18.3. The molecule has 1 aromatic heterocycles. The lowest BCUT2D eigenvalue weighted by atomic mass is 9.93. The van der Waals surface area contributed by atoms with Gasteiger partial charge in [0.25, 0.3) is 0 Å². The van der Waals surface area contributed by atoms with Crippen LogP contribution in [0.1, 0.15) is 30.1 Å². The number of amides is 1. The zero-order chi connectivity index (χ0) is 19.5. The van der Waals surface area contributed by atoms with Crippen molar-refractivity contribution in [3.05, 3.63) is 78.1 Å². The van der Waals surface area contributed by atoms with Crippen molar-refractivity contribution in [1.82, 2.24) is 30.9 Å². The van der Waals surface area contributed by atoms with Crippen molar-refractivity contribution in [2.45, 2.75) is 19.0 Å². The minimum Gasteiger partial charge on any atom is -0.349 e. The Morgan fingerprint density at radius 1 is 1.21 bits per heavy atom. The highest BCUT2D eigenvalue weighted by Gasteiger charge is 2.34. The first-order valence-corrected chi connectivity index (χ1v) is 9.11. The van der Waals surface area contributed by atoms with Gasteiger partial charge in [-0.05, 0) is 42.3 Å². The number of hydrazine groups is 1. The smallest absolute Gasteiger partial charge is 0.226 e. The standard InChI is InChI=1S/C20H21FN6O/c1-13(14-4-8-17(9-5-14)27-12-22-11-24-27)25-20(28)18-10-23-26-19(18)15-2-6-16(21)7-3-15/h2-9,11-13,18-19,23,26H,10H2,1H3,(H,25,28). The second-order valence-electron chi connectivity index (χ2n) is 6.82. The van der Waals surface area contributed by atoms with Crippen LogP contribution in [-0.4, -0.2) is 27.2 Å². The summed E-state index contributed by atoms with van der Waals surface area (Å²) in [6.45, 7) is 2.46. The second-order valence-corrected chi connectivity index (χ2v) is 6.82. The largest absolute Gasteiger partial charge is 0.349 e. The minimum absolute atomic E-state index is 0.0559. The van der Waals surface area contributed by atoms with Crippen LogP contribution in [0, 0.1) is 11.7 Å². The van der Waals surface area contributed by atoms with Crippen LogP contribution in [0.4, 0.5) is 4.39 Å². The summed E-state index contributed by atoms with van der Waals surface area (Å²) >= 11 is 0. The molecule has 0 saturated carbocycles. The van der Waals surface area contributed by atoms with Gasteiger partial charge < -0.3 is 5.32 Å². The lowest BCUT2D eigenvalue weighted by Gasteiger charge is -2.21. The van der Waals surface area contributed by atoms with Crippen molar-refractivity contribution in [2.75, 3.05) is 6.54 Å². The maximum absolute atomic E-state index is 13.2. The molecule has 144 valence electrons. The number of aromatic nitrogens is 3. The topological polar surface area (TPSA) is 83.9 Å². The van der Waals surface area contributed by atoms with Gasteiger partial charge in [0.2, 0.25) is 5.91 Å². The average Bonchev–Trinajstić information content (AvgIpc) is 3.41. The Labute approximate surface area is 162 Å². The second kappa shape index (κ2) is 7.87. The van der Waals surface area contributed by atoms with E-state index in [2.05, 4.69) is 26.3 Å². The summed E-state index contributed by atoms with van der Waals surface area (Å²) in [7, 11) is 0. The van der Waals surface area contributed by atoms with Gasteiger partial charge in [0.15, 0.2) is 0 Å². The summed E-state index contributed by atoms with van der Waals surface area (Å²) in [5, 5.41) is 7.18. The summed E-state index contributed by atoms with van der Waals surface area (Å²) in [4.78, 5) is 16.8. The molecule has 3 atom stereocenters. The maximum atomic E-state index is 13.2. The zero-order valence-electron chi connectivity index (χ0n) is 15.3. The highest BCUT2D eigenvalue weighted by atomic mass is 19.1. The number of carbonyl (C=O) groups excluding carboxylic acids is 1. The molecular weight excluding hydrogens is 359 g/mol. The average molecular weight is 380 g/mol. The van der Waals surface area contributed by atoms with E-state index in [0.29, 0.717) is 6.54 Å². The first-order valence-electron chi connectivity index (χ1n) is 9.11. The Bertz CT molecular complexity index is 926. The van der Waals surface area contributed by atoms with Crippen LogP contribution in [0.5, 0.6) is 0 Å². The van der Waals surface area contributed by atoms with Crippen LogP contribution in [-0.2, 0) is 4.79 Å². The maximum Gasteiger partial charge on any atom is 0.226 e. The fourth-order valence-corrected chi connectivity index (χ4v) is 3.39. The third-order valence-corrected chi connectivity index (χ3v) is 4.98. The van der Waals surface area contributed by atoms with Crippen molar-refractivity contribution in [1.29, 1.82) is 0 Å². The van der Waals surface area contributed by atoms with Crippen LogP contribution < -0.4 is 16.2 Å². The van der Waals surface area contributed by atoms with E-state index in [4.69, 9.17) is 0 Å². The Balaban J connectivity index is 1.43. The molecule has 0 bridgehead atoms. The van der Waals surface area contributed by atoms with Gasteiger partial charge in [-0.3, -0.25) is 10.2 Å². The van der Waals surface area contributed by atoms with Gasteiger partial charge in [-0.2, -0.15) is 5.10 Å². The lowest BCUT2D eigenvalue weighted by molar-refractivity contribution is -0.125. The van der Waals surface area contributed by atoms with E-state index in [0.717, 1.165) is 16.8 Å². The summed E-state index contributed by atoms with van der Waals surface area (Å²) in [5.41, 5.74) is 8.91. The van der Waals surface area contributed by atoms with Crippen molar-refractivity contribution in [3.63, 3.8) is 0 Å². The molecule has 4 rings (SSSR count). The molecule has 1 amide bonds. The number of carbonyl (C=O) groups is 1. The van der Waals surface area contributed by atoms with Crippen LogP contribution in [0.25, 0.3) is 5.69 Å². The summed E-state index contributed by atoms with van der Waals surface area (Å²) < 4.78 is 14.9. The van der Waals surface area contributed by atoms with Gasteiger partial charge in [0.1, 0.15) is 18.5 Å². The number of halogens is 1. The fraction of sp³-hybridized carbons (Fsp3) is 0.250. The zero-order valence-corrected chi connectivity index (χ0v) is 15.3. The van der Waals surface area contributed by atoms with Crippen molar-refractivity contribution >= 4 is 5.91 Å². The highest BCUT2D eigenvalue weighted by Crippen LogP contribution is 2.26. The Kier molecular flexibility index (Phi) is 5.14. The predicted octanol–water partition coefficient (Wildman–Crippen LogP) is 2.05. The summed E-state index contributed by atoms with van der Waals surface area (Å²) in [6, 6.07) is 13.7. The van der Waals surface area contributed by atoms with Gasteiger partial charge in [0.05, 0.1) is 23.7 Å². The van der Waals surface area contributed by atoms with Gasteiger partial charge in [0, 0.05) is 6.54 Å². The third-order valence-electron chi connectivity index (χ3n) is 4.98. The number of benzene rings is 2. The summed E-state index contributed by atoms with van der Waals surface area (Å²) in [5.74, 6) is -0.638. The van der Waals surface area contributed by atoms with Crippen molar-refractivity contribution < 1.29 is 9.18 Å². The molecule has 0 radical (unpaired) electrons. The van der Waals surface area contributed by atoms with E-state index in [1.807, 2.05) is 31.2 Å². The van der Waals surface area contributed by atoms with Crippen LogP contribution in [0.2, 0.25) is 0 Å². The minimum atomic E-state index is -0.293. The SMILES string of the molecule is CC(NC(=O)C1CNNC1c1ccc(F)cc1)c1ccc(-n2cncn2)cc1. The molecule has 1 fully saturated rings. The van der Waals surface area contributed by atoms with E-state index >= 15 is 0 Å². The molecule has 8 heteroatoms. The highest BCUT2D eigenvalue weighted by molar-refractivity contribution is 5.80. The predicted molar refractivity (Wildman–Crippen MR) is 102 cm³/mol. The van der Waals surface area contributed by atoms with E-state index in [1.165, 1.54) is 18.5 Å². The molecule has 1 aliphatic heterocycles. The molecule has 28 heavy (non-hydrogen) atoms. The molecule has 3 aromatic rings. The molecule has 3 unspecified atom stereocenters. The monoisotopic (exact) mass is 380 g/mol. The molecule has 3 N–H and O–H groups in total. The number of rotatable bonds is 5. The Hall–Kier alpha value is -3.10. The summed E-state index contributed by atoms with van der Waals surface area (Å²) in [6.07, 6.45) is 3.12. The molecule has 1 saturated heterocycles. The molecule has 0 aliphatic carbocycles. The first-order chi connectivity index (χ1) is 13.6. The van der Waals surface area contributed by atoms with Gasteiger partial charge in [-0.1, -0.05) is 24.3 Å². The van der Waals surface area contributed by atoms with Gasteiger partial charge in [-0.25, -0.2) is 19.5 Å². The lowest BCUT2D eigenvalue weighted by Crippen LogP contribution is -2.36. The van der Waals surface area contributed by atoms with Crippen LogP contribution >= 0.6 is 0 Å². The number of hydrogen-bond acceptors (Lipinski definition) is 5. The van der Waals surface area contributed by atoms with Gasteiger partial charge in [-0.15, -0.1) is 0 Å². The number of hydrogen-bond donors (Lipinski definition) is 3. The Morgan fingerprint density at radius 2 is 1.96 bits per heavy atom. The molecule has 2 heterocycles. The Morgan fingerprint density at radius 3 is 2.64 bits per heavy atom. The number of nitrogens with zero attached hydrogens (tertiary/aromatic N) is 3. The molecule has 0 spiro atoms. The van der Waals surface area contributed by atoms with Crippen molar-refractivity contribution in [3.8, 4) is 5.69 Å². The quantitative estimate of drug-likeness (QED) is 0.631. The molecular formula is C20H21FN6O. The van der Waals surface area contributed by atoms with Crippen LogP contribution in [0.15, 0.2) is 61.2 Å². The molecule has 7 nitrogen and oxygen atoms in total. The van der Waals surface area contributed by atoms with Crippen molar-refractivity contribution in [2.24, 2.45) is 5.92 Å². The van der Waals surface area contributed by atoms with E-state index in [-0.39, 0.29) is 29.7 Å². The third kappa shape index (κ3) is 3.78. The van der Waals surface area contributed by atoms with E-state index in [1.54, 1.807) is 23.1 Å². The molecule has 2 aromatic carbocycles. The molecule has 1 aliphatic rings. The van der Waals surface area contributed by atoms with E-state index < -0.39 is 0 Å². The van der Waals surface area contributed by atoms with E-state index in [9.17, 15) is 9.18 Å². The van der Waals surface area contributed by atoms with Crippen LogP contribution in [0.3, 0.4) is 0 Å². The normalized spacial score (nSPS) is 20.1. The fourth-order valence-electron chi connectivity index (χ4n) is 3.39. The van der Waals surface area contributed by atoms with Gasteiger partial charge >= 0.3 is 0 Å². The number of nitrogens with one attached hydrogen (secondary N) is 3.